The van der Waals surface area contributed by atoms with Gasteiger partial charge in [-0.3, -0.25) is 15.1 Å². The Hall–Kier alpha value is -5.22. The van der Waals surface area contributed by atoms with Crippen molar-refractivity contribution in [3.05, 3.63) is 137 Å². The van der Waals surface area contributed by atoms with Crippen molar-refractivity contribution in [3.8, 4) is 22.9 Å². The van der Waals surface area contributed by atoms with E-state index in [1.165, 1.54) is 12.1 Å². The molecule has 9 nitrogen and oxygen atoms in total. The van der Waals surface area contributed by atoms with Crippen LogP contribution >= 0.6 is 12.2 Å². The van der Waals surface area contributed by atoms with E-state index in [4.69, 9.17) is 21.7 Å². The lowest BCUT2D eigenvalue weighted by atomic mass is 10.0. The van der Waals surface area contributed by atoms with E-state index in [0.717, 1.165) is 28.5 Å². The van der Waals surface area contributed by atoms with Crippen LogP contribution in [-0.2, 0) is 0 Å². The maximum absolute atomic E-state index is 11.2. The minimum absolute atomic E-state index is 0.0381. The molecule has 0 aliphatic carbocycles. The third kappa shape index (κ3) is 5.20. The molecule has 0 radical (unpaired) electrons. The van der Waals surface area contributed by atoms with Crippen LogP contribution in [0.4, 0.5) is 11.4 Å². The number of rotatable bonds is 8. The monoisotopic (exact) mass is 563 g/mol. The van der Waals surface area contributed by atoms with Gasteiger partial charge < -0.3 is 24.3 Å². The normalized spacial score (nSPS) is 16.3. The number of hydrogen-bond acceptors (Lipinski definition) is 6. The fourth-order valence-corrected chi connectivity index (χ4v) is 5.34. The second-order valence-corrected chi connectivity index (χ2v) is 9.73. The van der Waals surface area contributed by atoms with E-state index < -0.39 is 4.92 Å². The Morgan fingerprint density at radius 2 is 1.51 bits per heavy atom. The highest BCUT2D eigenvalue weighted by molar-refractivity contribution is 7.80. The Kier molecular flexibility index (Phi) is 7.05. The van der Waals surface area contributed by atoms with Gasteiger partial charge in [-0.1, -0.05) is 6.07 Å². The number of hydrogen-bond donors (Lipinski definition) is 1. The molecule has 2 aromatic heterocycles. The maximum Gasteiger partial charge on any atom is 0.269 e. The molecule has 1 aliphatic rings. The van der Waals surface area contributed by atoms with Crippen LogP contribution in [0.1, 0.15) is 23.5 Å². The fourth-order valence-electron chi connectivity index (χ4n) is 4.99. The molecule has 3 aromatic carbocycles. The molecule has 204 valence electrons. The van der Waals surface area contributed by atoms with E-state index in [-0.39, 0.29) is 17.8 Å². The van der Waals surface area contributed by atoms with Crippen LogP contribution in [0.25, 0.3) is 5.69 Å². The van der Waals surface area contributed by atoms with Gasteiger partial charge in [-0.05, 0) is 97.1 Å². The van der Waals surface area contributed by atoms with Crippen LogP contribution in [0.2, 0.25) is 0 Å². The van der Waals surface area contributed by atoms with E-state index in [1.807, 2.05) is 89.6 Å². The highest BCUT2D eigenvalue weighted by atomic mass is 32.1. The number of thiocarbonyl (C=S) groups is 1. The van der Waals surface area contributed by atoms with Gasteiger partial charge in [0.25, 0.3) is 5.69 Å². The zero-order chi connectivity index (χ0) is 28.3. The average molecular weight is 564 g/mol. The first kappa shape index (κ1) is 26.0. The van der Waals surface area contributed by atoms with Gasteiger partial charge in [0, 0.05) is 41.6 Å². The van der Waals surface area contributed by atoms with Gasteiger partial charge in [0.15, 0.2) is 5.11 Å². The lowest BCUT2D eigenvalue weighted by Crippen LogP contribution is -2.30. The second-order valence-electron chi connectivity index (χ2n) is 9.34. The number of anilines is 1. The van der Waals surface area contributed by atoms with Crippen molar-refractivity contribution in [1.82, 2.24) is 14.9 Å². The molecule has 1 saturated heterocycles. The summed E-state index contributed by atoms with van der Waals surface area (Å²) in [5.41, 5.74) is 3.51. The van der Waals surface area contributed by atoms with Crippen molar-refractivity contribution in [1.29, 1.82) is 0 Å². The summed E-state index contributed by atoms with van der Waals surface area (Å²) in [4.78, 5) is 17.5. The number of ether oxygens (including phenoxy) is 2. The predicted molar refractivity (Wildman–Crippen MR) is 160 cm³/mol. The molecule has 10 heteroatoms. The molecule has 6 rings (SSSR count). The molecule has 2 unspecified atom stereocenters. The number of non-ortho nitro benzene ring substituents is 1. The molecular weight excluding hydrogens is 538 g/mol. The summed E-state index contributed by atoms with van der Waals surface area (Å²) < 4.78 is 13.3. The van der Waals surface area contributed by atoms with Crippen LogP contribution in [-0.4, -0.2) is 26.7 Å². The first-order chi connectivity index (χ1) is 20.0. The van der Waals surface area contributed by atoms with Crippen molar-refractivity contribution < 1.29 is 14.4 Å². The number of nitrogens with one attached hydrogen (secondary N) is 1. The quantitative estimate of drug-likeness (QED) is 0.126. The van der Waals surface area contributed by atoms with Gasteiger partial charge >= 0.3 is 0 Å². The van der Waals surface area contributed by atoms with Crippen LogP contribution in [0.15, 0.2) is 116 Å². The van der Waals surface area contributed by atoms with E-state index in [2.05, 4.69) is 15.2 Å². The summed E-state index contributed by atoms with van der Waals surface area (Å²) in [5.74, 6) is 2.14. The van der Waals surface area contributed by atoms with E-state index in [9.17, 15) is 10.1 Å². The number of nitro benzene ring substituents is 1. The number of nitrogens with zero attached hydrogens (tertiary/aromatic N) is 4. The van der Waals surface area contributed by atoms with Crippen LogP contribution in [0, 0.1) is 10.1 Å². The number of benzene rings is 3. The smallest absolute Gasteiger partial charge is 0.269 e. The van der Waals surface area contributed by atoms with Crippen molar-refractivity contribution in [2.24, 2.45) is 0 Å². The first-order valence-corrected chi connectivity index (χ1v) is 13.3. The van der Waals surface area contributed by atoms with E-state index in [1.54, 1.807) is 25.4 Å². The second kappa shape index (κ2) is 11.1. The van der Waals surface area contributed by atoms with Gasteiger partial charge in [0.05, 0.1) is 23.8 Å². The average Bonchev–Trinajstić information content (AvgIpc) is 3.63. The SMILES string of the molecule is COc1ccc(Oc2ccc(N3C(=S)NC(c4ccccn4)C3c3cccn3-c3ccc([N+](=O)[O-])cc3)cc2)cc1. The molecule has 0 amide bonds. The van der Waals surface area contributed by atoms with Gasteiger partial charge in [-0.2, -0.15) is 0 Å². The summed E-state index contributed by atoms with van der Waals surface area (Å²) in [5, 5.41) is 15.2. The third-order valence-corrected chi connectivity index (χ3v) is 7.24. The molecule has 0 spiro atoms. The molecule has 2 atom stereocenters. The molecule has 0 saturated carbocycles. The van der Waals surface area contributed by atoms with Gasteiger partial charge in [-0.25, -0.2) is 0 Å². The van der Waals surface area contributed by atoms with Crippen LogP contribution < -0.4 is 19.7 Å². The summed E-state index contributed by atoms with van der Waals surface area (Å²) in [6.07, 6.45) is 3.71. The summed E-state index contributed by atoms with van der Waals surface area (Å²) in [7, 11) is 1.63. The Balaban J connectivity index is 1.36. The molecule has 0 bridgehead atoms. The number of methoxy groups -OCH3 is 1. The molecule has 41 heavy (non-hydrogen) atoms. The Morgan fingerprint density at radius 3 is 2.15 bits per heavy atom. The molecular formula is C31H25N5O4S. The zero-order valence-corrected chi connectivity index (χ0v) is 22.8. The fraction of sp³-hybridized carbons (Fsp3) is 0.0968. The van der Waals surface area contributed by atoms with Crippen LogP contribution in [0.5, 0.6) is 17.2 Å². The number of pyridine rings is 1. The van der Waals surface area contributed by atoms with Crippen molar-refractivity contribution >= 4 is 28.7 Å². The van der Waals surface area contributed by atoms with Gasteiger partial charge in [0.2, 0.25) is 0 Å². The maximum atomic E-state index is 11.2. The van der Waals surface area contributed by atoms with E-state index >= 15 is 0 Å². The van der Waals surface area contributed by atoms with Crippen molar-refractivity contribution in [3.63, 3.8) is 0 Å². The standard InChI is InChI=1S/C31H25N5O4S/c1-39-24-15-17-26(18-16-24)40-25-13-11-22(12-14-25)35-30(29(33-31(35)41)27-5-2-3-19-32-27)28-6-4-20-34(28)21-7-9-23(10-8-21)36(37)38/h2-20,29-30H,1H3,(H,33,41). The molecule has 1 aliphatic heterocycles. The Morgan fingerprint density at radius 1 is 0.854 bits per heavy atom. The largest absolute Gasteiger partial charge is 0.497 e. The van der Waals surface area contributed by atoms with Crippen molar-refractivity contribution in [2.75, 3.05) is 12.0 Å². The molecule has 3 heterocycles. The molecule has 5 aromatic rings. The van der Waals surface area contributed by atoms with E-state index in [0.29, 0.717) is 16.6 Å². The Bertz CT molecular complexity index is 1670. The predicted octanol–water partition coefficient (Wildman–Crippen LogP) is 6.76. The zero-order valence-electron chi connectivity index (χ0n) is 22.0. The summed E-state index contributed by atoms with van der Waals surface area (Å²) in [6, 6.07) is 30.9. The van der Waals surface area contributed by atoms with Gasteiger partial charge in [-0.15, -0.1) is 0 Å². The number of nitro groups is 1. The van der Waals surface area contributed by atoms with Crippen molar-refractivity contribution in [2.45, 2.75) is 12.1 Å². The highest BCUT2D eigenvalue weighted by Gasteiger charge is 2.42. The molecule has 1 fully saturated rings. The lowest BCUT2D eigenvalue weighted by Gasteiger charge is -2.29. The highest BCUT2D eigenvalue weighted by Crippen LogP contribution is 2.42. The summed E-state index contributed by atoms with van der Waals surface area (Å²) in [6.45, 7) is 0. The lowest BCUT2D eigenvalue weighted by molar-refractivity contribution is -0.384. The van der Waals surface area contributed by atoms with Crippen LogP contribution in [0.3, 0.4) is 0 Å². The first-order valence-electron chi connectivity index (χ1n) is 12.9. The minimum Gasteiger partial charge on any atom is -0.497 e. The number of aromatic nitrogens is 2. The van der Waals surface area contributed by atoms with Gasteiger partial charge in [0.1, 0.15) is 23.3 Å². The topological polar surface area (TPSA) is 94.7 Å². The molecule has 1 N–H and O–H groups in total. The minimum atomic E-state index is -0.402. The Labute approximate surface area is 241 Å². The third-order valence-electron chi connectivity index (χ3n) is 6.93. The summed E-state index contributed by atoms with van der Waals surface area (Å²) >= 11 is 5.88.